The highest BCUT2D eigenvalue weighted by atomic mass is 16.5. The standard InChI is InChI=1S/C9H12N2O/c1-2-5-10-9(4-1)12-8-11-6-3-7-11/h1-2,4-5H,3,6-8H2. The quantitative estimate of drug-likeness (QED) is 0.669. The first kappa shape index (κ1) is 7.55. The van der Waals surface area contributed by atoms with Gasteiger partial charge in [-0.15, -0.1) is 0 Å². The molecule has 1 fully saturated rings. The topological polar surface area (TPSA) is 25.4 Å². The van der Waals surface area contributed by atoms with Crippen molar-refractivity contribution in [3.05, 3.63) is 24.4 Å². The van der Waals surface area contributed by atoms with E-state index in [1.54, 1.807) is 6.20 Å². The van der Waals surface area contributed by atoms with E-state index in [4.69, 9.17) is 4.74 Å². The molecule has 1 saturated heterocycles. The maximum Gasteiger partial charge on any atom is 0.214 e. The zero-order valence-corrected chi connectivity index (χ0v) is 6.94. The molecule has 0 radical (unpaired) electrons. The minimum absolute atomic E-state index is 0.678. The lowest BCUT2D eigenvalue weighted by Crippen LogP contribution is -2.39. The van der Waals surface area contributed by atoms with Crippen LogP contribution in [0.4, 0.5) is 0 Å². The van der Waals surface area contributed by atoms with E-state index in [1.165, 1.54) is 6.42 Å². The molecule has 0 unspecified atom stereocenters. The second kappa shape index (κ2) is 3.54. The van der Waals surface area contributed by atoms with Gasteiger partial charge in [0.2, 0.25) is 5.88 Å². The molecule has 0 aliphatic carbocycles. The molecule has 2 heterocycles. The average Bonchev–Trinajstić information content (AvgIpc) is 2.04. The second-order valence-corrected chi connectivity index (χ2v) is 2.91. The second-order valence-electron chi connectivity index (χ2n) is 2.91. The number of likely N-dealkylation sites (tertiary alicyclic amines) is 1. The third-order valence-corrected chi connectivity index (χ3v) is 1.98. The summed E-state index contributed by atoms with van der Waals surface area (Å²) in [5.41, 5.74) is 0. The molecule has 0 N–H and O–H groups in total. The van der Waals surface area contributed by atoms with Crippen molar-refractivity contribution >= 4 is 0 Å². The van der Waals surface area contributed by atoms with Gasteiger partial charge in [0.15, 0.2) is 0 Å². The highest BCUT2D eigenvalue weighted by Crippen LogP contribution is 2.08. The van der Waals surface area contributed by atoms with Crippen molar-refractivity contribution in [3.8, 4) is 5.88 Å². The first-order chi connectivity index (χ1) is 5.95. The van der Waals surface area contributed by atoms with Gasteiger partial charge >= 0.3 is 0 Å². The SMILES string of the molecule is c1ccc(OCN2CCC2)nc1. The van der Waals surface area contributed by atoms with E-state index in [1.807, 2.05) is 18.2 Å². The molecule has 1 aliphatic rings. The summed E-state index contributed by atoms with van der Waals surface area (Å²) in [4.78, 5) is 6.30. The molecule has 12 heavy (non-hydrogen) atoms. The van der Waals surface area contributed by atoms with Crippen LogP contribution >= 0.6 is 0 Å². The maximum absolute atomic E-state index is 5.42. The van der Waals surface area contributed by atoms with Crippen LogP contribution in [0.25, 0.3) is 0 Å². The van der Waals surface area contributed by atoms with Crippen molar-refractivity contribution in [2.75, 3.05) is 19.8 Å². The van der Waals surface area contributed by atoms with E-state index >= 15 is 0 Å². The molecule has 0 amide bonds. The largest absolute Gasteiger partial charge is 0.461 e. The number of pyridine rings is 1. The summed E-state index contributed by atoms with van der Waals surface area (Å²) in [6.45, 7) is 3.00. The Bertz CT molecular complexity index is 234. The van der Waals surface area contributed by atoms with Gasteiger partial charge in [-0.3, -0.25) is 4.90 Å². The summed E-state index contributed by atoms with van der Waals surface area (Å²) >= 11 is 0. The van der Waals surface area contributed by atoms with Crippen molar-refractivity contribution in [3.63, 3.8) is 0 Å². The molecule has 3 heteroatoms. The van der Waals surface area contributed by atoms with Crippen molar-refractivity contribution in [2.45, 2.75) is 6.42 Å². The summed E-state index contributed by atoms with van der Waals surface area (Å²) in [5.74, 6) is 0.712. The van der Waals surface area contributed by atoms with Gasteiger partial charge in [-0.25, -0.2) is 4.98 Å². The van der Waals surface area contributed by atoms with Crippen LogP contribution < -0.4 is 4.74 Å². The van der Waals surface area contributed by atoms with E-state index in [0.717, 1.165) is 13.1 Å². The molecule has 0 saturated carbocycles. The summed E-state index contributed by atoms with van der Waals surface area (Å²) in [6.07, 6.45) is 3.04. The molecule has 1 aromatic heterocycles. The van der Waals surface area contributed by atoms with E-state index in [2.05, 4.69) is 9.88 Å². The first-order valence-electron chi connectivity index (χ1n) is 4.21. The molecular weight excluding hydrogens is 152 g/mol. The summed E-state index contributed by atoms with van der Waals surface area (Å²) in [6, 6.07) is 5.69. The highest BCUT2D eigenvalue weighted by molar-refractivity contribution is 5.08. The lowest BCUT2D eigenvalue weighted by molar-refractivity contribution is 0.0701. The van der Waals surface area contributed by atoms with Crippen LogP contribution in [0.3, 0.4) is 0 Å². The number of hydrogen-bond donors (Lipinski definition) is 0. The van der Waals surface area contributed by atoms with Gasteiger partial charge in [-0.2, -0.15) is 0 Å². The van der Waals surface area contributed by atoms with Gasteiger partial charge in [0.1, 0.15) is 6.73 Å². The number of ether oxygens (including phenoxy) is 1. The summed E-state index contributed by atoms with van der Waals surface area (Å²) < 4.78 is 5.42. The maximum atomic E-state index is 5.42. The Labute approximate surface area is 72.0 Å². The Hall–Kier alpha value is -1.09. The van der Waals surface area contributed by atoms with Gasteiger partial charge in [0.25, 0.3) is 0 Å². The molecule has 3 nitrogen and oxygen atoms in total. The fourth-order valence-electron chi connectivity index (χ4n) is 1.10. The molecule has 1 aromatic rings. The third-order valence-electron chi connectivity index (χ3n) is 1.98. The molecular formula is C9H12N2O. The third kappa shape index (κ3) is 1.74. The number of rotatable bonds is 3. The Balaban J connectivity index is 1.79. The van der Waals surface area contributed by atoms with E-state index in [-0.39, 0.29) is 0 Å². The Morgan fingerprint density at radius 3 is 2.92 bits per heavy atom. The fourth-order valence-corrected chi connectivity index (χ4v) is 1.10. The van der Waals surface area contributed by atoms with Gasteiger partial charge in [0, 0.05) is 25.4 Å². The predicted molar refractivity (Wildman–Crippen MR) is 45.9 cm³/mol. The zero-order chi connectivity index (χ0) is 8.23. The first-order valence-corrected chi connectivity index (χ1v) is 4.21. The van der Waals surface area contributed by atoms with Crippen LogP contribution in [0.15, 0.2) is 24.4 Å². The molecule has 0 aromatic carbocycles. The summed E-state index contributed by atoms with van der Waals surface area (Å²) in [5, 5.41) is 0. The minimum atomic E-state index is 0.678. The van der Waals surface area contributed by atoms with Crippen LogP contribution in [-0.2, 0) is 0 Å². The zero-order valence-electron chi connectivity index (χ0n) is 6.94. The van der Waals surface area contributed by atoms with Crippen molar-refractivity contribution in [1.29, 1.82) is 0 Å². The van der Waals surface area contributed by atoms with E-state index < -0.39 is 0 Å². The Morgan fingerprint density at radius 1 is 1.42 bits per heavy atom. The van der Waals surface area contributed by atoms with Crippen LogP contribution in [-0.4, -0.2) is 29.7 Å². The average molecular weight is 164 g/mol. The monoisotopic (exact) mass is 164 g/mol. The normalized spacial score (nSPS) is 17.0. The fraction of sp³-hybridized carbons (Fsp3) is 0.444. The molecule has 64 valence electrons. The van der Waals surface area contributed by atoms with E-state index in [0.29, 0.717) is 12.6 Å². The molecule has 0 atom stereocenters. The van der Waals surface area contributed by atoms with Gasteiger partial charge in [0.05, 0.1) is 0 Å². The lowest BCUT2D eigenvalue weighted by atomic mass is 10.2. The van der Waals surface area contributed by atoms with Crippen molar-refractivity contribution in [2.24, 2.45) is 0 Å². The van der Waals surface area contributed by atoms with Crippen LogP contribution in [0.5, 0.6) is 5.88 Å². The van der Waals surface area contributed by atoms with Crippen LogP contribution in [0.1, 0.15) is 6.42 Å². The van der Waals surface area contributed by atoms with E-state index in [9.17, 15) is 0 Å². The van der Waals surface area contributed by atoms with Crippen LogP contribution in [0, 0.1) is 0 Å². The van der Waals surface area contributed by atoms with Gasteiger partial charge in [-0.1, -0.05) is 6.07 Å². The molecule has 0 spiro atoms. The highest BCUT2D eigenvalue weighted by Gasteiger charge is 2.13. The number of hydrogen-bond acceptors (Lipinski definition) is 3. The number of aromatic nitrogens is 1. The molecule has 0 bridgehead atoms. The van der Waals surface area contributed by atoms with Crippen LogP contribution in [0.2, 0.25) is 0 Å². The van der Waals surface area contributed by atoms with Gasteiger partial charge in [-0.05, 0) is 12.5 Å². The Morgan fingerprint density at radius 2 is 2.33 bits per heavy atom. The molecule has 2 rings (SSSR count). The minimum Gasteiger partial charge on any atom is -0.461 e. The smallest absolute Gasteiger partial charge is 0.214 e. The predicted octanol–water partition coefficient (Wildman–Crippen LogP) is 1.12. The van der Waals surface area contributed by atoms with Gasteiger partial charge < -0.3 is 4.74 Å². The van der Waals surface area contributed by atoms with Crippen molar-refractivity contribution in [1.82, 2.24) is 9.88 Å². The molecule has 1 aliphatic heterocycles. The Kier molecular flexibility index (Phi) is 2.23. The number of nitrogens with zero attached hydrogens (tertiary/aromatic N) is 2. The summed E-state index contributed by atoms with van der Waals surface area (Å²) in [7, 11) is 0. The van der Waals surface area contributed by atoms with Crippen molar-refractivity contribution < 1.29 is 4.74 Å². The lowest BCUT2D eigenvalue weighted by Gasteiger charge is -2.29.